The van der Waals surface area contributed by atoms with Crippen LogP contribution in [0.2, 0.25) is 0 Å². The molecule has 4 heteroatoms. The number of hydrogen-bond donors (Lipinski definition) is 1. The lowest BCUT2D eigenvalue weighted by Gasteiger charge is -2.18. The van der Waals surface area contributed by atoms with Crippen molar-refractivity contribution in [3.8, 4) is 0 Å². The lowest BCUT2D eigenvalue weighted by Crippen LogP contribution is -2.37. The molecule has 0 radical (unpaired) electrons. The molecule has 1 amide bonds. The van der Waals surface area contributed by atoms with E-state index in [4.69, 9.17) is 4.74 Å². The zero-order chi connectivity index (χ0) is 14.8. The summed E-state index contributed by atoms with van der Waals surface area (Å²) in [5.74, 6) is -0.631. The largest absolute Gasteiger partial charge is 0.464 e. The highest BCUT2D eigenvalue weighted by atomic mass is 16.5. The second kappa shape index (κ2) is 5.56. The van der Waals surface area contributed by atoms with Crippen molar-refractivity contribution >= 4 is 22.6 Å². The van der Waals surface area contributed by atoms with Crippen molar-refractivity contribution in [1.29, 1.82) is 0 Å². The van der Waals surface area contributed by atoms with Gasteiger partial charge in [0.25, 0.3) is 0 Å². The van der Waals surface area contributed by atoms with Crippen LogP contribution in [0.4, 0.5) is 0 Å². The molecule has 4 nitrogen and oxygen atoms in total. The van der Waals surface area contributed by atoms with Gasteiger partial charge in [-0.2, -0.15) is 0 Å². The maximum absolute atomic E-state index is 12.0. The topological polar surface area (TPSA) is 55.4 Å². The molecule has 0 aliphatic carbocycles. The Morgan fingerprint density at radius 2 is 2.00 bits per heavy atom. The summed E-state index contributed by atoms with van der Waals surface area (Å²) in [7, 11) is 0. The van der Waals surface area contributed by atoms with Crippen molar-refractivity contribution in [1.82, 2.24) is 5.32 Å². The van der Waals surface area contributed by atoms with Gasteiger partial charge in [-0.3, -0.25) is 4.79 Å². The fourth-order valence-corrected chi connectivity index (χ4v) is 2.85. The van der Waals surface area contributed by atoms with Gasteiger partial charge in [0.1, 0.15) is 6.04 Å². The third kappa shape index (κ3) is 2.61. The molecule has 1 aliphatic rings. The summed E-state index contributed by atoms with van der Waals surface area (Å²) < 4.78 is 5.06. The minimum atomic E-state index is -0.585. The molecule has 3 rings (SSSR count). The first-order valence-corrected chi connectivity index (χ1v) is 7.13. The van der Waals surface area contributed by atoms with E-state index in [9.17, 15) is 9.59 Å². The Hall–Kier alpha value is -2.36. The second-order valence-corrected chi connectivity index (χ2v) is 5.21. The van der Waals surface area contributed by atoms with Crippen LogP contribution in [0.5, 0.6) is 0 Å². The third-order valence-corrected chi connectivity index (χ3v) is 3.87. The number of ether oxygens (including phenoxy) is 1. The fraction of sp³-hybridized carbons (Fsp3) is 0.294. The molecule has 0 bridgehead atoms. The molecule has 2 aromatic carbocycles. The Kier molecular flexibility index (Phi) is 3.60. The van der Waals surface area contributed by atoms with Gasteiger partial charge in [0, 0.05) is 12.3 Å². The van der Waals surface area contributed by atoms with Crippen molar-refractivity contribution in [2.75, 3.05) is 6.61 Å². The van der Waals surface area contributed by atoms with E-state index in [0.29, 0.717) is 13.0 Å². The van der Waals surface area contributed by atoms with E-state index in [2.05, 4.69) is 5.32 Å². The highest BCUT2D eigenvalue weighted by Crippen LogP contribution is 2.31. The van der Waals surface area contributed by atoms with Gasteiger partial charge in [0.2, 0.25) is 5.91 Å². The number of hydrogen-bond acceptors (Lipinski definition) is 3. The predicted octanol–water partition coefficient (Wildman–Crippen LogP) is 2.38. The van der Waals surface area contributed by atoms with E-state index >= 15 is 0 Å². The minimum absolute atomic E-state index is 0.105. The molecule has 1 aliphatic heterocycles. The van der Waals surface area contributed by atoms with Crippen molar-refractivity contribution < 1.29 is 14.3 Å². The Balaban J connectivity index is 1.95. The lowest BCUT2D eigenvalue weighted by molar-refractivity contribution is -0.146. The SMILES string of the molecule is CCOC(=O)C1NC(=O)CC1c1ccc2ccccc2c1. The maximum atomic E-state index is 12.0. The summed E-state index contributed by atoms with van der Waals surface area (Å²) in [5.41, 5.74) is 0.991. The van der Waals surface area contributed by atoms with Crippen LogP contribution >= 0.6 is 0 Å². The van der Waals surface area contributed by atoms with Crippen LogP contribution < -0.4 is 5.32 Å². The first-order valence-electron chi connectivity index (χ1n) is 7.13. The highest BCUT2D eigenvalue weighted by Gasteiger charge is 2.39. The van der Waals surface area contributed by atoms with E-state index in [1.165, 1.54) is 0 Å². The average Bonchev–Trinajstić information content (AvgIpc) is 2.89. The van der Waals surface area contributed by atoms with Crippen LogP contribution in [0.25, 0.3) is 10.8 Å². The first kappa shape index (κ1) is 13.6. The van der Waals surface area contributed by atoms with Gasteiger partial charge in [-0.1, -0.05) is 42.5 Å². The van der Waals surface area contributed by atoms with Crippen LogP contribution in [0.3, 0.4) is 0 Å². The predicted molar refractivity (Wildman–Crippen MR) is 79.9 cm³/mol. The second-order valence-electron chi connectivity index (χ2n) is 5.21. The summed E-state index contributed by atoms with van der Waals surface area (Å²) in [6.45, 7) is 2.08. The van der Waals surface area contributed by atoms with Gasteiger partial charge in [0.05, 0.1) is 6.61 Å². The van der Waals surface area contributed by atoms with Gasteiger partial charge in [0.15, 0.2) is 0 Å². The molecule has 0 saturated carbocycles. The van der Waals surface area contributed by atoms with E-state index in [1.54, 1.807) is 6.92 Å². The normalized spacial score (nSPS) is 21.3. The Bertz CT molecular complexity index is 695. The molecular weight excluding hydrogens is 266 g/mol. The number of carbonyl (C=O) groups is 2. The number of rotatable bonds is 3. The number of carbonyl (C=O) groups excluding carboxylic acids is 2. The number of nitrogens with one attached hydrogen (secondary N) is 1. The van der Waals surface area contributed by atoms with Crippen LogP contribution in [0, 0.1) is 0 Å². The van der Waals surface area contributed by atoms with E-state index in [0.717, 1.165) is 16.3 Å². The van der Waals surface area contributed by atoms with Crippen molar-refractivity contribution in [3.63, 3.8) is 0 Å². The molecule has 2 aromatic rings. The standard InChI is InChI=1S/C17H17NO3/c1-2-21-17(20)16-14(10-15(19)18-16)13-8-7-11-5-3-4-6-12(11)9-13/h3-9,14,16H,2,10H2,1H3,(H,18,19). The number of esters is 1. The van der Waals surface area contributed by atoms with Crippen molar-refractivity contribution in [2.24, 2.45) is 0 Å². The Morgan fingerprint density at radius 1 is 1.24 bits per heavy atom. The quantitative estimate of drug-likeness (QED) is 0.880. The molecular formula is C17H17NO3. The lowest BCUT2D eigenvalue weighted by atomic mass is 9.90. The molecule has 1 fully saturated rings. The minimum Gasteiger partial charge on any atom is -0.464 e. The fourth-order valence-electron chi connectivity index (χ4n) is 2.85. The summed E-state index contributed by atoms with van der Waals surface area (Å²) >= 11 is 0. The zero-order valence-corrected chi connectivity index (χ0v) is 11.8. The van der Waals surface area contributed by atoms with Gasteiger partial charge in [-0.05, 0) is 23.3 Å². The van der Waals surface area contributed by atoms with Crippen molar-refractivity contribution in [2.45, 2.75) is 25.3 Å². The van der Waals surface area contributed by atoms with Gasteiger partial charge in [-0.15, -0.1) is 0 Å². The molecule has 21 heavy (non-hydrogen) atoms. The first-order chi connectivity index (χ1) is 10.2. The molecule has 1 heterocycles. The molecule has 1 N–H and O–H groups in total. The number of fused-ring (bicyclic) bond motifs is 1. The molecule has 0 aromatic heterocycles. The summed E-state index contributed by atoms with van der Waals surface area (Å²) in [6.07, 6.45) is 0.321. The molecule has 2 unspecified atom stereocenters. The monoisotopic (exact) mass is 283 g/mol. The summed E-state index contributed by atoms with van der Waals surface area (Å²) in [5, 5.41) is 4.97. The van der Waals surface area contributed by atoms with Crippen LogP contribution in [-0.4, -0.2) is 24.5 Å². The number of benzene rings is 2. The molecule has 108 valence electrons. The van der Waals surface area contributed by atoms with Gasteiger partial charge >= 0.3 is 5.97 Å². The van der Waals surface area contributed by atoms with Crippen molar-refractivity contribution in [3.05, 3.63) is 48.0 Å². The molecule has 1 saturated heterocycles. The smallest absolute Gasteiger partial charge is 0.329 e. The Labute approximate surface area is 123 Å². The van der Waals surface area contributed by atoms with Crippen LogP contribution in [0.15, 0.2) is 42.5 Å². The molecule has 2 atom stereocenters. The summed E-state index contributed by atoms with van der Waals surface area (Å²) in [4.78, 5) is 23.7. The zero-order valence-electron chi connectivity index (χ0n) is 11.8. The number of amides is 1. The maximum Gasteiger partial charge on any atom is 0.329 e. The van der Waals surface area contributed by atoms with E-state index < -0.39 is 6.04 Å². The summed E-state index contributed by atoms with van der Waals surface area (Å²) in [6, 6.07) is 13.5. The average molecular weight is 283 g/mol. The molecule has 0 spiro atoms. The third-order valence-electron chi connectivity index (χ3n) is 3.87. The van der Waals surface area contributed by atoms with Crippen LogP contribution in [0.1, 0.15) is 24.8 Å². The van der Waals surface area contributed by atoms with Crippen LogP contribution in [-0.2, 0) is 14.3 Å². The van der Waals surface area contributed by atoms with E-state index in [-0.39, 0.29) is 17.8 Å². The van der Waals surface area contributed by atoms with Gasteiger partial charge < -0.3 is 10.1 Å². The Morgan fingerprint density at radius 3 is 2.76 bits per heavy atom. The van der Waals surface area contributed by atoms with E-state index in [1.807, 2.05) is 42.5 Å². The van der Waals surface area contributed by atoms with Gasteiger partial charge in [-0.25, -0.2) is 4.79 Å². The highest BCUT2D eigenvalue weighted by molar-refractivity contribution is 5.91.